The van der Waals surface area contributed by atoms with Gasteiger partial charge < -0.3 is 15.2 Å². The fourth-order valence-electron chi connectivity index (χ4n) is 2.22. The van der Waals surface area contributed by atoms with Crippen LogP contribution in [0.3, 0.4) is 0 Å². The summed E-state index contributed by atoms with van der Waals surface area (Å²) in [5, 5.41) is 6.59. The predicted molar refractivity (Wildman–Crippen MR) is 92.2 cm³/mol. The largest absolute Gasteiger partial charge is 0.358 e. The first-order valence-corrected chi connectivity index (χ1v) is 8.53. The Kier molecular flexibility index (Phi) is 5.49. The molecular weight excluding hydrogens is 298 g/mol. The van der Waals surface area contributed by atoms with Gasteiger partial charge in [-0.3, -0.25) is 9.59 Å². The van der Waals surface area contributed by atoms with Crippen LogP contribution in [0.4, 0.5) is 5.69 Å². The molecule has 0 unspecified atom stereocenters. The van der Waals surface area contributed by atoms with Crippen molar-refractivity contribution in [2.75, 3.05) is 24.4 Å². The Labute approximate surface area is 134 Å². The van der Waals surface area contributed by atoms with E-state index in [9.17, 15) is 9.59 Å². The lowest BCUT2D eigenvalue weighted by Crippen LogP contribution is -2.23. The molecule has 1 aromatic carbocycles. The molecule has 0 saturated carbocycles. The fourth-order valence-corrected chi connectivity index (χ4v) is 2.88. The van der Waals surface area contributed by atoms with Gasteiger partial charge in [0.1, 0.15) is 6.54 Å². The van der Waals surface area contributed by atoms with Crippen LogP contribution in [0.2, 0.25) is 0 Å². The second-order valence-corrected chi connectivity index (χ2v) is 6.15. The van der Waals surface area contributed by atoms with Gasteiger partial charge in [0.15, 0.2) is 0 Å². The van der Waals surface area contributed by atoms with E-state index in [1.165, 1.54) is 0 Å². The van der Waals surface area contributed by atoms with Crippen molar-refractivity contribution in [1.82, 2.24) is 9.88 Å². The van der Waals surface area contributed by atoms with Crippen molar-refractivity contribution in [3.8, 4) is 0 Å². The zero-order valence-corrected chi connectivity index (χ0v) is 13.9. The minimum absolute atomic E-state index is 0.0121. The molecule has 2 amide bonds. The van der Waals surface area contributed by atoms with Gasteiger partial charge in [-0.25, -0.2) is 0 Å². The summed E-state index contributed by atoms with van der Waals surface area (Å²) < 4.78 is 1.87. The Bertz CT molecular complexity index is 681. The van der Waals surface area contributed by atoms with Crippen LogP contribution in [-0.2, 0) is 16.1 Å². The van der Waals surface area contributed by atoms with Crippen LogP contribution in [0, 0.1) is 5.92 Å². The number of nitrogens with one attached hydrogen (secondary N) is 2. The number of fused-ring (bicyclic) bond motifs is 1. The molecule has 1 heterocycles. The Morgan fingerprint density at radius 1 is 1.32 bits per heavy atom. The van der Waals surface area contributed by atoms with Crippen molar-refractivity contribution in [1.29, 1.82) is 0 Å². The summed E-state index contributed by atoms with van der Waals surface area (Å²) in [4.78, 5) is 23.6. The summed E-state index contributed by atoms with van der Waals surface area (Å²) >= 11 is 1.65. The van der Waals surface area contributed by atoms with E-state index in [2.05, 4.69) is 10.6 Å². The number of thioether (sulfide) groups is 1. The van der Waals surface area contributed by atoms with Crippen LogP contribution < -0.4 is 10.6 Å². The number of anilines is 1. The van der Waals surface area contributed by atoms with Gasteiger partial charge in [-0.1, -0.05) is 13.0 Å². The standard InChI is InChI=1S/C16H21N3O2S/c1-11(10-22-3)16(21)18-13-5-4-12-6-7-19(14(12)8-13)9-15(20)17-2/h4-8,11H,9-10H2,1-3H3,(H,17,20)(H,18,21)/t11-/m0/s1. The molecule has 118 valence electrons. The van der Waals surface area contributed by atoms with Crippen molar-refractivity contribution >= 4 is 40.2 Å². The lowest BCUT2D eigenvalue weighted by Gasteiger charge is -2.11. The van der Waals surface area contributed by atoms with E-state index in [4.69, 9.17) is 0 Å². The summed E-state index contributed by atoms with van der Waals surface area (Å²) in [5.41, 5.74) is 1.68. The van der Waals surface area contributed by atoms with Crippen molar-refractivity contribution in [3.63, 3.8) is 0 Å². The molecule has 0 bridgehead atoms. The van der Waals surface area contributed by atoms with Gasteiger partial charge in [0.05, 0.1) is 5.52 Å². The zero-order valence-electron chi connectivity index (χ0n) is 13.1. The molecule has 0 aliphatic carbocycles. The summed E-state index contributed by atoms with van der Waals surface area (Å²) in [6.45, 7) is 2.18. The van der Waals surface area contributed by atoms with E-state index >= 15 is 0 Å². The smallest absolute Gasteiger partial charge is 0.239 e. The molecule has 0 saturated heterocycles. The number of carbonyl (C=O) groups is 2. The molecule has 0 radical (unpaired) electrons. The van der Waals surface area contributed by atoms with Crippen molar-refractivity contribution in [2.45, 2.75) is 13.5 Å². The Hall–Kier alpha value is -1.95. The SMILES string of the molecule is CNC(=O)Cn1ccc2ccc(NC(=O)[C@@H](C)CSC)cc21. The molecule has 2 rings (SSSR count). The number of hydrogen-bond acceptors (Lipinski definition) is 3. The van der Waals surface area contributed by atoms with Crippen LogP contribution in [0.25, 0.3) is 10.9 Å². The van der Waals surface area contributed by atoms with Gasteiger partial charge in [0.2, 0.25) is 11.8 Å². The highest BCUT2D eigenvalue weighted by Crippen LogP contribution is 2.21. The van der Waals surface area contributed by atoms with Gasteiger partial charge in [-0.2, -0.15) is 11.8 Å². The Morgan fingerprint density at radius 2 is 2.09 bits per heavy atom. The van der Waals surface area contributed by atoms with Crippen LogP contribution >= 0.6 is 11.8 Å². The second kappa shape index (κ2) is 7.35. The number of benzene rings is 1. The van der Waals surface area contributed by atoms with Crippen LogP contribution in [0.5, 0.6) is 0 Å². The quantitative estimate of drug-likeness (QED) is 0.859. The zero-order chi connectivity index (χ0) is 16.1. The number of likely N-dealkylation sites (N-methyl/N-ethyl adjacent to an activating group) is 1. The van der Waals surface area contributed by atoms with Crippen LogP contribution in [-0.4, -0.2) is 35.4 Å². The molecule has 0 spiro atoms. The van der Waals surface area contributed by atoms with Crippen molar-refractivity contribution in [2.24, 2.45) is 5.92 Å². The van der Waals surface area contributed by atoms with Crippen LogP contribution in [0.15, 0.2) is 30.5 Å². The Morgan fingerprint density at radius 3 is 2.77 bits per heavy atom. The topological polar surface area (TPSA) is 63.1 Å². The maximum Gasteiger partial charge on any atom is 0.239 e. The van der Waals surface area contributed by atoms with Crippen molar-refractivity contribution < 1.29 is 9.59 Å². The number of hydrogen-bond donors (Lipinski definition) is 2. The molecule has 2 N–H and O–H groups in total. The average Bonchev–Trinajstić information content (AvgIpc) is 2.89. The third-order valence-electron chi connectivity index (χ3n) is 3.50. The highest BCUT2D eigenvalue weighted by molar-refractivity contribution is 7.98. The lowest BCUT2D eigenvalue weighted by molar-refractivity contribution is -0.121. The Balaban J connectivity index is 2.20. The van der Waals surface area contributed by atoms with E-state index in [1.54, 1.807) is 18.8 Å². The molecule has 2 aromatic rings. The lowest BCUT2D eigenvalue weighted by atomic mass is 10.2. The first-order valence-electron chi connectivity index (χ1n) is 7.14. The fraction of sp³-hybridized carbons (Fsp3) is 0.375. The van der Waals surface area contributed by atoms with Gasteiger partial charge in [0, 0.05) is 30.6 Å². The van der Waals surface area contributed by atoms with Crippen LogP contribution in [0.1, 0.15) is 6.92 Å². The van der Waals surface area contributed by atoms with E-state index in [-0.39, 0.29) is 24.3 Å². The molecule has 6 heteroatoms. The maximum absolute atomic E-state index is 12.1. The highest BCUT2D eigenvalue weighted by Gasteiger charge is 2.13. The summed E-state index contributed by atoms with van der Waals surface area (Å²) in [5.74, 6) is 0.711. The summed E-state index contributed by atoms with van der Waals surface area (Å²) in [7, 11) is 1.62. The first kappa shape index (κ1) is 16.4. The van der Waals surface area contributed by atoms with Gasteiger partial charge in [-0.15, -0.1) is 0 Å². The monoisotopic (exact) mass is 319 g/mol. The molecule has 0 fully saturated rings. The number of rotatable bonds is 6. The minimum Gasteiger partial charge on any atom is -0.358 e. The average molecular weight is 319 g/mol. The van der Waals surface area contributed by atoms with Crippen molar-refractivity contribution in [3.05, 3.63) is 30.5 Å². The molecule has 1 atom stereocenters. The van der Waals surface area contributed by atoms with E-state index in [0.717, 1.165) is 22.3 Å². The first-order chi connectivity index (χ1) is 10.5. The second-order valence-electron chi connectivity index (χ2n) is 5.24. The highest BCUT2D eigenvalue weighted by atomic mass is 32.2. The molecule has 0 aliphatic heterocycles. The minimum atomic E-state index is -0.0551. The number of aromatic nitrogens is 1. The molecule has 0 aliphatic rings. The molecule has 1 aromatic heterocycles. The summed E-state index contributed by atoms with van der Waals surface area (Å²) in [6, 6.07) is 7.70. The van der Waals surface area contributed by atoms with E-state index in [1.807, 2.05) is 48.2 Å². The van der Waals surface area contributed by atoms with E-state index in [0.29, 0.717) is 0 Å². The number of carbonyl (C=O) groups excluding carboxylic acids is 2. The number of amides is 2. The third kappa shape index (κ3) is 3.82. The predicted octanol–water partition coefficient (Wildman–Crippen LogP) is 2.32. The van der Waals surface area contributed by atoms with Gasteiger partial charge in [-0.05, 0) is 29.8 Å². The molecule has 22 heavy (non-hydrogen) atoms. The van der Waals surface area contributed by atoms with E-state index < -0.39 is 0 Å². The molecular formula is C16H21N3O2S. The van der Waals surface area contributed by atoms with Gasteiger partial charge in [0.25, 0.3) is 0 Å². The third-order valence-corrected chi connectivity index (χ3v) is 4.33. The molecule has 5 nitrogen and oxygen atoms in total. The maximum atomic E-state index is 12.1. The normalized spacial score (nSPS) is 12.1. The number of nitrogens with zero attached hydrogens (tertiary/aromatic N) is 1. The summed E-state index contributed by atoms with van der Waals surface area (Å²) in [6.07, 6.45) is 3.86. The van der Waals surface area contributed by atoms with Gasteiger partial charge >= 0.3 is 0 Å².